The van der Waals surface area contributed by atoms with E-state index in [0.717, 1.165) is 0 Å². The molecule has 1 aliphatic heterocycles. The Morgan fingerprint density at radius 2 is 2.24 bits per heavy atom. The Bertz CT molecular complexity index is 575. The van der Waals surface area contributed by atoms with Crippen LogP contribution in [0.25, 0.3) is 0 Å². The topological polar surface area (TPSA) is 112 Å². The molecule has 112 valence electrons. The van der Waals surface area contributed by atoms with Crippen molar-refractivity contribution >= 4 is 23.6 Å². The average Bonchev–Trinajstić information content (AvgIpc) is 2.43. The number of pyridine rings is 1. The molecule has 2 rings (SSSR count). The lowest BCUT2D eigenvalue weighted by Crippen LogP contribution is -2.49. The van der Waals surface area contributed by atoms with E-state index in [1.54, 1.807) is 11.9 Å². The quantitative estimate of drug-likeness (QED) is 0.752. The molecule has 1 aromatic heterocycles. The molecule has 0 aliphatic carbocycles. The Morgan fingerprint density at radius 3 is 2.90 bits per heavy atom. The first kappa shape index (κ1) is 14.8. The Hall–Kier alpha value is -2.64. The fraction of sp³-hybridized carbons (Fsp3) is 0.385. The molecule has 1 aliphatic rings. The molecule has 0 saturated carbocycles. The third-order valence-electron chi connectivity index (χ3n) is 3.22. The van der Waals surface area contributed by atoms with Gasteiger partial charge in [0.25, 0.3) is 0 Å². The molecule has 0 bridgehead atoms. The number of carboxylic acid groups (broad SMARTS) is 1. The number of nitrogens with one attached hydrogen (secondary N) is 2. The van der Waals surface area contributed by atoms with Gasteiger partial charge in [-0.2, -0.15) is 0 Å². The van der Waals surface area contributed by atoms with Crippen LogP contribution in [0, 0.1) is 0 Å². The van der Waals surface area contributed by atoms with E-state index >= 15 is 0 Å². The summed E-state index contributed by atoms with van der Waals surface area (Å²) in [4.78, 5) is 39.5. The highest BCUT2D eigenvalue weighted by molar-refractivity contribution is 5.98. The molecule has 1 aromatic rings. The van der Waals surface area contributed by atoms with Crippen LogP contribution in [-0.2, 0) is 4.79 Å². The van der Waals surface area contributed by atoms with Gasteiger partial charge in [0.2, 0.25) is 5.91 Å². The van der Waals surface area contributed by atoms with Crippen molar-refractivity contribution in [2.75, 3.05) is 18.9 Å². The molecule has 0 aromatic carbocycles. The van der Waals surface area contributed by atoms with Crippen LogP contribution < -0.4 is 10.6 Å². The molecule has 21 heavy (non-hydrogen) atoms. The van der Waals surface area contributed by atoms with E-state index in [1.807, 2.05) is 0 Å². The van der Waals surface area contributed by atoms with Crippen molar-refractivity contribution < 1.29 is 19.5 Å². The van der Waals surface area contributed by atoms with Gasteiger partial charge in [-0.25, -0.2) is 14.6 Å². The highest BCUT2D eigenvalue weighted by Crippen LogP contribution is 2.13. The molecule has 1 unspecified atom stereocenters. The van der Waals surface area contributed by atoms with Gasteiger partial charge in [0.1, 0.15) is 0 Å². The number of hydrogen-bond acceptors (Lipinski definition) is 4. The highest BCUT2D eigenvalue weighted by atomic mass is 16.4. The van der Waals surface area contributed by atoms with Gasteiger partial charge in [-0.15, -0.1) is 0 Å². The summed E-state index contributed by atoms with van der Waals surface area (Å²) in [6.45, 7) is 0.436. The van der Waals surface area contributed by atoms with Gasteiger partial charge < -0.3 is 20.6 Å². The van der Waals surface area contributed by atoms with E-state index in [1.165, 1.54) is 18.3 Å². The first-order chi connectivity index (χ1) is 9.97. The number of likely N-dealkylation sites (tertiary alicyclic amines) is 1. The summed E-state index contributed by atoms with van der Waals surface area (Å²) in [6.07, 6.45) is 2.29. The Kier molecular flexibility index (Phi) is 4.36. The van der Waals surface area contributed by atoms with Crippen LogP contribution in [0.4, 0.5) is 10.5 Å². The second-order valence-corrected chi connectivity index (χ2v) is 4.81. The van der Waals surface area contributed by atoms with Gasteiger partial charge in [0.15, 0.2) is 5.69 Å². The third kappa shape index (κ3) is 3.68. The number of carbonyl (C=O) groups excluding carboxylic acids is 2. The van der Waals surface area contributed by atoms with Crippen molar-refractivity contribution in [1.82, 2.24) is 15.2 Å². The Morgan fingerprint density at radius 1 is 1.48 bits per heavy atom. The average molecular weight is 292 g/mol. The van der Waals surface area contributed by atoms with Crippen molar-refractivity contribution in [2.45, 2.75) is 18.9 Å². The van der Waals surface area contributed by atoms with E-state index in [-0.39, 0.29) is 23.3 Å². The molecule has 1 atom stereocenters. The number of aromatic carboxylic acids is 1. The number of amides is 3. The second-order valence-electron chi connectivity index (χ2n) is 4.81. The molecule has 8 nitrogen and oxygen atoms in total. The fourth-order valence-corrected chi connectivity index (χ4v) is 2.15. The normalized spacial score (nSPS) is 18.2. The Labute approximate surface area is 121 Å². The maximum atomic E-state index is 11.9. The van der Waals surface area contributed by atoms with Crippen molar-refractivity contribution in [2.24, 2.45) is 0 Å². The Balaban J connectivity index is 1.96. The zero-order valence-electron chi connectivity index (χ0n) is 11.5. The van der Waals surface area contributed by atoms with Gasteiger partial charge in [0.05, 0.1) is 5.69 Å². The molecule has 3 N–H and O–H groups in total. The number of aromatic nitrogens is 1. The zero-order chi connectivity index (χ0) is 15.4. The molecule has 0 spiro atoms. The maximum absolute atomic E-state index is 11.9. The lowest BCUT2D eigenvalue weighted by Gasteiger charge is -2.30. The molecule has 1 saturated heterocycles. The minimum absolute atomic E-state index is 0.0499. The number of carbonyl (C=O) groups is 3. The number of likely N-dealkylation sites (N-methyl/N-ethyl adjacent to an activating group) is 1. The number of urea groups is 1. The minimum Gasteiger partial charge on any atom is -0.476 e. The number of piperidine rings is 1. The SMILES string of the molecule is CN1CC(NC(=O)Nc2cccnc2C(=O)O)CCC1=O. The highest BCUT2D eigenvalue weighted by Gasteiger charge is 2.24. The number of nitrogens with zero attached hydrogens (tertiary/aromatic N) is 2. The minimum atomic E-state index is -1.21. The third-order valence-corrected chi connectivity index (χ3v) is 3.22. The first-order valence-electron chi connectivity index (χ1n) is 6.47. The van der Waals surface area contributed by atoms with E-state index in [2.05, 4.69) is 15.6 Å². The van der Waals surface area contributed by atoms with Crippen LogP contribution in [0.1, 0.15) is 23.3 Å². The lowest BCUT2D eigenvalue weighted by molar-refractivity contribution is -0.132. The predicted octanol–water partition coefficient (Wildman–Crippen LogP) is 0.522. The summed E-state index contributed by atoms with van der Waals surface area (Å²) < 4.78 is 0. The van der Waals surface area contributed by atoms with Gasteiger partial charge in [-0.3, -0.25) is 4.79 Å². The lowest BCUT2D eigenvalue weighted by atomic mass is 10.1. The van der Waals surface area contributed by atoms with E-state index in [0.29, 0.717) is 19.4 Å². The fourth-order valence-electron chi connectivity index (χ4n) is 2.15. The molecule has 2 heterocycles. The summed E-state index contributed by atoms with van der Waals surface area (Å²) >= 11 is 0. The maximum Gasteiger partial charge on any atom is 0.356 e. The van der Waals surface area contributed by atoms with Gasteiger partial charge in [-0.05, 0) is 18.6 Å². The van der Waals surface area contributed by atoms with Crippen molar-refractivity contribution in [1.29, 1.82) is 0 Å². The molecule has 0 radical (unpaired) electrons. The summed E-state index contributed by atoms with van der Waals surface area (Å²) in [5.41, 5.74) is -0.0914. The van der Waals surface area contributed by atoms with Gasteiger partial charge in [0, 0.05) is 32.3 Å². The summed E-state index contributed by atoms with van der Waals surface area (Å²) in [5.74, 6) is -1.16. The van der Waals surface area contributed by atoms with Crippen molar-refractivity contribution in [3.8, 4) is 0 Å². The number of hydrogen-bond donors (Lipinski definition) is 3. The molecular formula is C13H16N4O4. The van der Waals surface area contributed by atoms with Crippen molar-refractivity contribution in [3.63, 3.8) is 0 Å². The van der Waals surface area contributed by atoms with Gasteiger partial charge in [-0.1, -0.05) is 0 Å². The van der Waals surface area contributed by atoms with Crippen molar-refractivity contribution in [3.05, 3.63) is 24.0 Å². The molecular weight excluding hydrogens is 276 g/mol. The predicted molar refractivity (Wildman–Crippen MR) is 74.0 cm³/mol. The van der Waals surface area contributed by atoms with E-state index in [4.69, 9.17) is 5.11 Å². The first-order valence-corrected chi connectivity index (χ1v) is 6.47. The number of carboxylic acids is 1. The number of anilines is 1. The molecule has 8 heteroatoms. The van der Waals surface area contributed by atoms with Crippen LogP contribution in [0.2, 0.25) is 0 Å². The zero-order valence-corrected chi connectivity index (χ0v) is 11.5. The largest absolute Gasteiger partial charge is 0.476 e. The van der Waals surface area contributed by atoms with Crippen LogP contribution >= 0.6 is 0 Å². The van der Waals surface area contributed by atoms with Crippen LogP contribution in [0.3, 0.4) is 0 Å². The monoisotopic (exact) mass is 292 g/mol. The molecule has 1 fully saturated rings. The summed E-state index contributed by atoms with van der Waals surface area (Å²) in [5, 5.41) is 14.2. The van der Waals surface area contributed by atoms with Crippen LogP contribution in [0.15, 0.2) is 18.3 Å². The smallest absolute Gasteiger partial charge is 0.356 e. The van der Waals surface area contributed by atoms with Crippen LogP contribution in [0.5, 0.6) is 0 Å². The number of rotatable bonds is 3. The second kappa shape index (κ2) is 6.21. The summed E-state index contributed by atoms with van der Waals surface area (Å²) in [6, 6.07) is 2.33. The van der Waals surface area contributed by atoms with E-state index in [9.17, 15) is 14.4 Å². The van der Waals surface area contributed by atoms with Crippen LogP contribution in [-0.4, -0.2) is 52.5 Å². The van der Waals surface area contributed by atoms with Gasteiger partial charge >= 0.3 is 12.0 Å². The summed E-state index contributed by atoms with van der Waals surface area (Å²) in [7, 11) is 1.68. The van der Waals surface area contributed by atoms with E-state index < -0.39 is 12.0 Å². The standard InChI is InChI=1S/C13H16N4O4/c1-17-7-8(4-5-10(17)18)15-13(21)16-9-3-2-6-14-11(9)12(19)20/h2-3,6,8H,4-5,7H2,1H3,(H,19,20)(H2,15,16,21). The molecule has 3 amide bonds.